The zero-order valence-corrected chi connectivity index (χ0v) is 11.5. The number of hydrogen-bond donors (Lipinski definition) is 1. The molecule has 3 nitrogen and oxygen atoms in total. The van der Waals surface area contributed by atoms with Crippen LogP contribution in [0.5, 0.6) is 0 Å². The van der Waals surface area contributed by atoms with E-state index in [1.165, 1.54) is 6.42 Å². The maximum atomic E-state index is 5.78. The fourth-order valence-electron chi connectivity index (χ4n) is 2.72. The van der Waals surface area contributed by atoms with Crippen molar-refractivity contribution >= 4 is 0 Å². The first-order chi connectivity index (χ1) is 7.58. The smallest absolute Gasteiger partial charge is 0.0678 e. The molecule has 0 aliphatic carbocycles. The summed E-state index contributed by atoms with van der Waals surface area (Å²) >= 11 is 0. The number of ether oxygens (including phenoxy) is 1. The minimum absolute atomic E-state index is 0.366. The Hall–Kier alpha value is -0.120. The van der Waals surface area contributed by atoms with Gasteiger partial charge in [-0.15, -0.1) is 0 Å². The molecule has 0 saturated carbocycles. The van der Waals surface area contributed by atoms with Gasteiger partial charge in [-0.1, -0.05) is 13.8 Å². The quantitative estimate of drug-likeness (QED) is 0.777. The average molecular weight is 228 g/mol. The number of nitrogens with one attached hydrogen (secondary N) is 1. The third kappa shape index (κ3) is 3.72. The molecule has 0 radical (unpaired) electrons. The summed E-state index contributed by atoms with van der Waals surface area (Å²) in [6.07, 6.45) is 1.92. The van der Waals surface area contributed by atoms with Gasteiger partial charge in [-0.2, -0.15) is 0 Å². The summed E-state index contributed by atoms with van der Waals surface area (Å²) in [6.45, 7) is 14.3. The first kappa shape index (κ1) is 13.9. The molecule has 0 amide bonds. The largest absolute Gasteiger partial charge is 0.373 e. The Morgan fingerprint density at radius 1 is 1.25 bits per heavy atom. The third-order valence-electron chi connectivity index (χ3n) is 3.51. The molecule has 1 rings (SSSR count). The Balaban J connectivity index is 2.53. The summed E-state index contributed by atoms with van der Waals surface area (Å²) < 4.78 is 5.78. The fourth-order valence-corrected chi connectivity index (χ4v) is 2.72. The molecule has 0 aromatic carbocycles. The number of hydrogen-bond acceptors (Lipinski definition) is 3. The van der Waals surface area contributed by atoms with Crippen molar-refractivity contribution in [1.82, 2.24) is 10.2 Å². The first-order valence-electron chi connectivity index (χ1n) is 6.71. The molecule has 0 aromatic rings. The van der Waals surface area contributed by atoms with Crippen LogP contribution in [0.4, 0.5) is 0 Å². The van der Waals surface area contributed by atoms with Crippen LogP contribution in [0.25, 0.3) is 0 Å². The lowest BCUT2D eigenvalue weighted by atomic mass is 10.0. The summed E-state index contributed by atoms with van der Waals surface area (Å²) in [4.78, 5) is 2.57. The predicted octanol–water partition coefficient (Wildman–Crippen LogP) is 1.87. The van der Waals surface area contributed by atoms with E-state index in [1.54, 1.807) is 0 Å². The zero-order valence-electron chi connectivity index (χ0n) is 11.5. The van der Waals surface area contributed by atoms with E-state index in [0.29, 0.717) is 24.3 Å². The zero-order chi connectivity index (χ0) is 12.1. The van der Waals surface area contributed by atoms with E-state index in [1.807, 2.05) is 0 Å². The molecule has 1 aliphatic rings. The number of rotatable bonds is 5. The van der Waals surface area contributed by atoms with Crippen molar-refractivity contribution in [3.63, 3.8) is 0 Å². The second-order valence-corrected chi connectivity index (χ2v) is 5.02. The van der Waals surface area contributed by atoms with Gasteiger partial charge in [0.2, 0.25) is 0 Å². The topological polar surface area (TPSA) is 24.5 Å². The van der Waals surface area contributed by atoms with Crippen LogP contribution in [0.2, 0.25) is 0 Å². The highest BCUT2D eigenvalue weighted by molar-refractivity contribution is 4.84. The second-order valence-electron chi connectivity index (χ2n) is 5.02. The van der Waals surface area contributed by atoms with Crippen molar-refractivity contribution in [2.45, 2.75) is 65.3 Å². The molecule has 16 heavy (non-hydrogen) atoms. The summed E-state index contributed by atoms with van der Waals surface area (Å²) in [6, 6.07) is 1.20. The van der Waals surface area contributed by atoms with Crippen LogP contribution in [0, 0.1) is 0 Å². The van der Waals surface area contributed by atoms with Gasteiger partial charge in [0.05, 0.1) is 12.2 Å². The van der Waals surface area contributed by atoms with E-state index >= 15 is 0 Å². The van der Waals surface area contributed by atoms with Gasteiger partial charge in [-0.25, -0.2) is 0 Å². The molecule has 1 saturated heterocycles. The van der Waals surface area contributed by atoms with Crippen molar-refractivity contribution in [2.24, 2.45) is 0 Å². The molecule has 0 bridgehead atoms. The van der Waals surface area contributed by atoms with Gasteiger partial charge in [0.25, 0.3) is 0 Å². The molecule has 1 N–H and O–H groups in total. The van der Waals surface area contributed by atoms with E-state index in [4.69, 9.17) is 4.74 Å². The van der Waals surface area contributed by atoms with E-state index in [9.17, 15) is 0 Å². The molecule has 3 heteroatoms. The summed E-state index contributed by atoms with van der Waals surface area (Å²) in [5.41, 5.74) is 0. The van der Waals surface area contributed by atoms with Crippen molar-refractivity contribution in [1.29, 1.82) is 0 Å². The monoisotopic (exact) mass is 228 g/mol. The fraction of sp³-hybridized carbons (Fsp3) is 1.00. The van der Waals surface area contributed by atoms with Crippen molar-refractivity contribution < 1.29 is 4.74 Å². The molecule has 1 aliphatic heterocycles. The molecule has 0 spiro atoms. The minimum atomic E-state index is 0.366. The van der Waals surface area contributed by atoms with E-state index in [2.05, 4.69) is 44.8 Å². The summed E-state index contributed by atoms with van der Waals surface area (Å²) in [5, 5.41) is 3.58. The van der Waals surface area contributed by atoms with Crippen molar-refractivity contribution in [3.8, 4) is 0 Å². The predicted molar refractivity (Wildman–Crippen MR) is 68.8 cm³/mol. The van der Waals surface area contributed by atoms with Crippen LogP contribution >= 0.6 is 0 Å². The average Bonchev–Trinajstić information content (AvgIpc) is 2.23. The standard InChI is InChI=1S/C13H28N2O/c1-6-13(14-7-2)12(5)15-8-10(3)16-11(4)9-15/h10-14H,6-9H2,1-5H3/t10-,11+,12?,13?. The minimum Gasteiger partial charge on any atom is -0.373 e. The van der Waals surface area contributed by atoms with E-state index in [-0.39, 0.29) is 0 Å². The molecular weight excluding hydrogens is 200 g/mol. The summed E-state index contributed by atoms with van der Waals surface area (Å²) in [5.74, 6) is 0. The van der Waals surface area contributed by atoms with Crippen LogP contribution in [-0.4, -0.2) is 48.8 Å². The Labute approximate surface area is 101 Å². The lowest BCUT2D eigenvalue weighted by Crippen LogP contribution is -2.55. The van der Waals surface area contributed by atoms with Crippen LogP contribution < -0.4 is 5.32 Å². The Morgan fingerprint density at radius 2 is 1.81 bits per heavy atom. The molecule has 2 unspecified atom stereocenters. The summed E-state index contributed by atoms with van der Waals surface area (Å²) in [7, 11) is 0. The van der Waals surface area contributed by atoms with Gasteiger partial charge in [0, 0.05) is 25.2 Å². The Bertz CT molecular complexity index is 188. The number of morpholine rings is 1. The molecular formula is C13H28N2O. The van der Waals surface area contributed by atoms with Gasteiger partial charge in [0.15, 0.2) is 0 Å². The van der Waals surface area contributed by atoms with Gasteiger partial charge < -0.3 is 10.1 Å². The van der Waals surface area contributed by atoms with Gasteiger partial charge >= 0.3 is 0 Å². The maximum Gasteiger partial charge on any atom is 0.0678 e. The van der Waals surface area contributed by atoms with Crippen LogP contribution in [0.15, 0.2) is 0 Å². The lowest BCUT2D eigenvalue weighted by molar-refractivity contribution is -0.0821. The van der Waals surface area contributed by atoms with Crippen LogP contribution in [-0.2, 0) is 4.74 Å². The molecule has 4 atom stereocenters. The van der Waals surface area contributed by atoms with E-state index in [0.717, 1.165) is 19.6 Å². The van der Waals surface area contributed by atoms with Crippen LogP contribution in [0.1, 0.15) is 41.0 Å². The highest BCUT2D eigenvalue weighted by Gasteiger charge is 2.28. The first-order valence-corrected chi connectivity index (χ1v) is 6.71. The molecule has 0 aromatic heterocycles. The van der Waals surface area contributed by atoms with Gasteiger partial charge in [-0.3, -0.25) is 4.90 Å². The van der Waals surface area contributed by atoms with Crippen molar-refractivity contribution in [2.75, 3.05) is 19.6 Å². The van der Waals surface area contributed by atoms with Gasteiger partial charge in [-0.05, 0) is 33.7 Å². The van der Waals surface area contributed by atoms with Gasteiger partial charge in [0.1, 0.15) is 0 Å². The highest BCUT2D eigenvalue weighted by Crippen LogP contribution is 2.16. The Morgan fingerprint density at radius 3 is 2.25 bits per heavy atom. The third-order valence-corrected chi connectivity index (χ3v) is 3.51. The van der Waals surface area contributed by atoms with Crippen LogP contribution in [0.3, 0.4) is 0 Å². The lowest BCUT2D eigenvalue weighted by Gasteiger charge is -2.41. The van der Waals surface area contributed by atoms with E-state index < -0.39 is 0 Å². The Kier molecular flexibility index (Phi) is 5.73. The molecule has 1 heterocycles. The maximum absolute atomic E-state index is 5.78. The van der Waals surface area contributed by atoms with Crippen molar-refractivity contribution in [3.05, 3.63) is 0 Å². The number of nitrogens with zero attached hydrogens (tertiary/aromatic N) is 1. The second kappa shape index (κ2) is 6.58. The highest BCUT2D eigenvalue weighted by atomic mass is 16.5. The normalized spacial score (nSPS) is 31.3. The molecule has 1 fully saturated rings. The number of likely N-dealkylation sites (N-methyl/N-ethyl adjacent to an activating group) is 1. The molecule has 96 valence electrons. The SMILES string of the molecule is CCNC(CC)C(C)N1C[C@@H](C)O[C@@H](C)C1.